The highest BCUT2D eigenvalue weighted by Crippen LogP contribution is 2.21. The van der Waals surface area contributed by atoms with Gasteiger partial charge in [-0.05, 0) is 32.1 Å². The fraction of sp³-hybridized carbons (Fsp3) is 0.909. The van der Waals surface area contributed by atoms with Crippen molar-refractivity contribution in [1.82, 2.24) is 0 Å². The number of carbonyl (C=O) groups is 2. The summed E-state index contributed by atoms with van der Waals surface area (Å²) >= 11 is 0. The molecule has 0 N–H and O–H groups in total. The molecule has 6 nitrogen and oxygen atoms in total. The van der Waals surface area contributed by atoms with Gasteiger partial charge in [0, 0.05) is 5.92 Å². The van der Waals surface area contributed by atoms with Gasteiger partial charge in [-0.3, -0.25) is 9.78 Å². The lowest BCUT2D eigenvalue weighted by molar-refractivity contribution is -0.442. The molecule has 3 atom stereocenters. The van der Waals surface area contributed by atoms with Crippen molar-refractivity contribution in [2.75, 3.05) is 0 Å². The molecule has 166 valence electrons. The van der Waals surface area contributed by atoms with Crippen LogP contribution in [0.4, 0.5) is 0 Å². The zero-order valence-electron chi connectivity index (χ0n) is 18.8. The van der Waals surface area contributed by atoms with Crippen LogP contribution in [0.25, 0.3) is 0 Å². The summed E-state index contributed by atoms with van der Waals surface area (Å²) in [5.74, 6) is -1.26. The van der Waals surface area contributed by atoms with E-state index in [1.165, 1.54) is 0 Å². The largest absolute Gasteiger partial charge is 0.345 e. The first kappa shape index (κ1) is 26.9. The predicted molar refractivity (Wildman–Crippen MR) is 109 cm³/mol. The maximum absolute atomic E-state index is 12.3. The molecule has 0 bridgehead atoms. The minimum Gasteiger partial charge on any atom is -0.295 e. The van der Waals surface area contributed by atoms with Crippen LogP contribution in [0.3, 0.4) is 0 Å². The highest BCUT2D eigenvalue weighted by atomic mass is 17.3. The summed E-state index contributed by atoms with van der Waals surface area (Å²) in [6, 6.07) is 0. The lowest BCUT2D eigenvalue weighted by Gasteiger charge is -2.22. The Kier molecular flexibility index (Phi) is 16.1. The number of rotatable bonds is 17. The third-order valence-electron chi connectivity index (χ3n) is 5.12. The minimum absolute atomic E-state index is 0.0861. The molecule has 0 aliphatic heterocycles. The first-order chi connectivity index (χ1) is 13.4. The van der Waals surface area contributed by atoms with Crippen LogP contribution in [0.2, 0.25) is 0 Å². The van der Waals surface area contributed by atoms with Crippen LogP contribution < -0.4 is 0 Å². The van der Waals surface area contributed by atoms with Gasteiger partial charge in [-0.1, -0.05) is 73.6 Å². The molecule has 0 saturated heterocycles. The molecule has 0 rings (SSSR count). The van der Waals surface area contributed by atoms with Crippen molar-refractivity contribution in [3.05, 3.63) is 0 Å². The lowest BCUT2D eigenvalue weighted by atomic mass is 10.00. The third kappa shape index (κ3) is 11.0. The van der Waals surface area contributed by atoms with Crippen molar-refractivity contribution in [3.63, 3.8) is 0 Å². The summed E-state index contributed by atoms with van der Waals surface area (Å²) < 4.78 is 0. The van der Waals surface area contributed by atoms with Gasteiger partial charge in [-0.25, -0.2) is 9.59 Å². The molecule has 0 aliphatic rings. The van der Waals surface area contributed by atoms with Gasteiger partial charge in [-0.15, -0.1) is 9.78 Å². The average Bonchev–Trinajstić information content (AvgIpc) is 2.69. The first-order valence-corrected chi connectivity index (χ1v) is 11.2. The Morgan fingerprint density at radius 3 is 1.43 bits per heavy atom. The van der Waals surface area contributed by atoms with E-state index in [-0.39, 0.29) is 17.8 Å². The summed E-state index contributed by atoms with van der Waals surface area (Å²) in [6.45, 7) is 12.0. The van der Waals surface area contributed by atoms with Gasteiger partial charge in [0.05, 0.1) is 11.8 Å². The standard InChI is InChI=1S/C22H42O6/c1-7-12-15-18(10-4)20(23)25-27-22(17(6)14-9-3)28-26-21(24)19(11-5)16-13-8-2/h17-19,22H,7-16H2,1-6H3. The van der Waals surface area contributed by atoms with Crippen LogP contribution >= 0.6 is 0 Å². The Morgan fingerprint density at radius 1 is 0.679 bits per heavy atom. The topological polar surface area (TPSA) is 71.1 Å². The van der Waals surface area contributed by atoms with E-state index in [9.17, 15) is 9.59 Å². The monoisotopic (exact) mass is 402 g/mol. The van der Waals surface area contributed by atoms with Crippen LogP contribution in [-0.4, -0.2) is 18.2 Å². The van der Waals surface area contributed by atoms with Gasteiger partial charge < -0.3 is 0 Å². The van der Waals surface area contributed by atoms with Crippen molar-refractivity contribution in [3.8, 4) is 0 Å². The van der Waals surface area contributed by atoms with Crippen LogP contribution in [0, 0.1) is 17.8 Å². The second-order valence-electron chi connectivity index (χ2n) is 7.63. The van der Waals surface area contributed by atoms with Crippen LogP contribution in [0.1, 0.15) is 106 Å². The van der Waals surface area contributed by atoms with Crippen molar-refractivity contribution in [1.29, 1.82) is 0 Å². The fourth-order valence-corrected chi connectivity index (χ4v) is 3.00. The second kappa shape index (κ2) is 16.8. The van der Waals surface area contributed by atoms with Crippen LogP contribution in [0.5, 0.6) is 0 Å². The van der Waals surface area contributed by atoms with E-state index in [4.69, 9.17) is 19.6 Å². The number of unbranched alkanes of at least 4 members (excludes halogenated alkanes) is 2. The average molecular weight is 403 g/mol. The molecule has 0 spiro atoms. The molecule has 6 heteroatoms. The Hall–Kier alpha value is -1.14. The van der Waals surface area contributed by atoms with Gasteiger partial charge in [0.15, 0.2) is 0 Å². The molecular formula is C22H42O6. The van der Waals surface area contributed by atoms with Gasteiger partial charge >= 0.3 is 11.9 Å². The van der Waals surface area contributed by atoms with Gasteiger partial charge in [0.1, 0.15) is 0 Å². The van der Waals surface area contributed by atoms with E-state index in [2.05, 4.69) is 13.8 Å². The first-order valence-electron chi connectivity index (χ1n) is 11.2. The fourth-order valence-electron chi connectivity index (χ4n) is 3.00. The van der Waals surface area contributed by atoms with Crippen LogP contribution in [-0.2, 0) is 29.1 Å². The Bertz CT molecular complexity index is 380. The maximum Gasteiger partial charge on any atom is 0.345 e. The van der Waals surface area contributed by atoms with E-state index < -0.39 is 18.2 Å². The molecule has 0 aromatic carbocycles. The highest BCUT2D eigenvalue weighted by Gasteiger charge is 2.28. The Morgan fingerprint density at radius 2 is 1.11 bits per heavy atom. The van der Waals surface area contributed by atoms with Crippen molar-refractivity contribution in [2.45, 2.75) is 112 Å². The summed E-state index contributed by atoms with van der Waals surface area (Å²) in [5, 5.41) is 0. The molecule has 0 saturated carbocycles. The molecule has 0 aliphatic carbocycles. The summed E-state index contributed by atoms with van der Waals surface area (Å²) in [5.41, 5.74) is 0. The molecule has 0 amide bonds. The van der Waals surface area contributed by atoms with E-state index in [0.29, 0.717) is 12.8 Å². The predicted octanol–water partition coefficient (Wildman–Crippen LogP) is 6.13. The zero-order chi connectivity index (χ0) is 21.4. The summed E-state index contributed by atoms with van der Waals surface area (Å²) in [4.78, 5) is 45.2. The molecule has 0 aromatic rings. The molecule has 3 unspecified atom stereocenters. The van der Waals surface area contributed by atoms with Crippen molar-refractivity contribution < 1.29 is 29.1 Å². The van der Waals surface area contributed by atoms with Gasteiger partial charge in [0.25, 0.3) is 0 Å². The Balaban J connectivity index is 4.73. The number of hydrogen-bond acceptors (Lipinski definition) is 6. The summed E-state index contributed by atoms with van der Waals surface area (Å²) in [6.07, 6.45) is 7.69. The summed E-state index contributed by atoms with van der Waals surface area (Å²) in [7, 11) is 0. The SMILES string of the molecule is CCCCC(CC)C(=O)OOC(OOC(=O)C(CC)CCCC)C(C)CCC. The van der Waals surface area contributed by atoms with Gasteiger partial charge in [0.2, 0.25) is 6.29 Å². The molecule has 0 fully saturated rings. The molecule has 0 radical (unpaired) electrons. The van der Waals surface area contributed by atoms with E-state index in [0.717, 1.165) is 51.4 Å². The van der Waals surface area contributed by atoms with Crippen molar-refractivity contribution >= 4 is 11.9 Å². The maximum atomic E-state index is 12.3. The number of carbonyl (C=O) groups excluding carboxylic acids is 2. The van der Waals surface area contributed by atoms with E-state index >= 15 is 0 Å². The second-order valence-corrected chi connectivity index (χ2v) is 7.63. The molecule has 28 heavy (non-hydrogen) atoms. The smallest absolute Gasteiger partial charge is 0.295 e. The zero-order valence-corrected chi connectivity index (χ0v) is 18.8. The quantitative estimate of drug-likeness (QED) is 0.165. The highest BCUT2D eigenvalue weighted by molar-refractivity contribution is 5.72. The van der Waals surface area contributed by atoms with Crippen LogP contribution in [0.15, 0.2) is 0 Å². The lowest BCUT2D eigenvalue weighted by Crippen LogP contribution is -2.31. The van der Waals surface area contributed by atoms with Crippen molar-refractivity contribution in [2.24, 2.45) is 17.8 Å². The minimum atomic E-state index is -0.930. The van der Waals surface area contributed by atoms with Gasteiger partial charge in [-0.2, -0.15) is 0 Å². The molecule has 0 heterocycles. The molecule has 0 aromatic heterocycles. The van der Waals surface area contributed by atoms with E-state index in [1.807, 2.05) is 27.7 Å². The number of hydrogen-bond donors (Lipinski definition) is 0. The molecular weight excluding hydrogens is 360 g/mol. The van der Waals surface area contributed by atoms with E-state index in [1.54, 1.807) is 0 Å². The third-order valence-corrected chi connectivity index (χ3v) is 5.12. The normalized spacial score (nSPS) is 15.5. The Labute approximate surface area is 171 Å².